The van der Waals surface area contributed by atoms with Crippen molar-refractivity contribution in [2.75, 3.05) is 20.2 Å². The van der Waals surface area contributed by atoms with E-state index in [9.17, 15) is 4.79 Å². The molecule has 0 radical (unpaired) electrons. The van der Waals surface area contributed by atoms with Gasteiger partial charge in [-0.25, -0.2) is 4.79 Å². The predicted octanol–water partition coefficient (Wildman–Crippen LogP) is 3.58. The van der Waals surface area contributed by atoms with Gasteiger partial charge in [0.05, 0.1) is 7.11 Å². The summed E-state index contributed by atoms with van der Waals surface area (Å²) in [6.07, 6.45) is 5.64. The Bertz CT molecular complexity index is 741. The van der Waals surface area contributed by atoms with Crippen LogP contribution in [0.1, 0.15) is 50.7 Å². The van der Waals surface area contributed by atoms with Crippen LogP contribution in [0.15, 0.2) is 18.2 Å². The minimum absolute atomic E-state index is 0.195. The molecule has 2 heterocycles. The van der Waals surface area contributed by atoms with E-state index in [1.807, 2.05) is 0 Å². The maximum Gasteiger partial charge on any atom is 0.320 e. The van der Waals surface area contributed by atoms with Crippen LogP contribution in [0, 0.1) is 5.41 Å². The molecule has 0 spiro atoms. The Hall–Kier alpha value is -1.71. The molecule has 2 unspecified atom stereocenters. The van der Waals surface area contributed by atoms with Crippen LogP contribution in [-0.2, 0) is 11.8 Å². The highest BCUT2D eigenvalue weighted by molar-refractivity contribution is 5.78. The maximum atomic E-state index is 13.2. The van der Waals surface area contributed by atoms with Gasteiger partial charge >= 0.3 is 6.03 Å². The number of hydrogen-bond acceptors (Lipinski definition) is 2. The van der Waals surface area contributed by atoms with Gasteiger partial charge in [-0.3, -0.25) is 0 Å². The molecule has 1 aromatic rings. The first-order valence-electron chi connectivity index (χ1n) is 9.75. The second kappa shape index (κ2) is 4.93. The Labute approximate surface area is 150 Å². The molecule has 0 bridgehead atoms. The van der Waals surface area contributed by atoms with Gasteiger partial charge in [0, 0.05) is 36.0 Å². The summed E-state index contributed by atoms with van der Waals surface area (Å²) in [5.41, 5.74) is 3.29. The maximum absolute atomic E-state index is 13.2. The third kappa shape index (κ3) is 1.71. The molecule has 4 heteroatoms. The van der Waals surface area contributed by atoms with Crippen molar-refractivity contribution in [2.24, 2.45) is 5.41 Å². The quantitative estimate of drug-likeness (QED) is 0.783. The van der Waals surface area contributed by atoms with Crippen LogP contribution in [0.5, 0.6) is 5.75 Å². The van der Waals surface area contributed by atoms with Gasteiger partial charge < -0.3 is 14.5 Å². The Morgan fingerprint density at radius 1 is 1.16 bits per heavy atom. The van der Waals surface area contributed by atoms with E-state index in [1.54, 1.807) is 7.11 Å². The molecule has 4 atom stereocenters. The number of amides is 2. The lowest BCUT2D eigenvalue weighted by atomic mass is 9.35. The lowest BCUT2D eigenvalue weighted by molar-refractivity contribution is -0.233. The highest BCUT2D eigenvalue weighted by atomic mass is 16.5. The minimum atomic E-state index is 0.195. The van der Waals surface area contributed by atoms with Gasteiger partial charge in [-0.15, -0.1) is 0 Å². The van der Waals surface area contributed by atoms with Crippen molar-refractivity contribution in [1.82, 2.24) is 9.80 Å². The zero-order chi connectivity index (χ0) is 17.4. The fraction of sp³-hybridized carbons (Fsp3) is 0.667. The second-order valence-electron chi connectivity index (χ2n) is 8.82. The molecule has 134 valence electrons. The fourth-order valence-corrected chi connectivity index (χ4v) is 6.29. The van der Waals surface area contributed by atoms with Gasteiger partial charge in [0.2, 0.25) is 0 Å². The Balaban J connectivity index is 1.49. The summed E-state index contributed by atoms with van der Waals surface area (Å²) in [4.78, 5) is 17.5. The van der Waals surface area contributed by atoms with Crippen LogP contribution >= 0.6 is 0 Å². The fourth-order valence-electron chi connectivity index (χ4n) is 6.29. The molecule has 2 amide bonds. The number of methoxy groups -OCH3 is 1. The summed E-state index contributed by atoms with van der Waals surface area (Å²) >= 11 is 0. The van der Waals surface area contributed by atoms with Gasteiger partial charge in [-0.05, 0) is 55.4 Å². The van der Waals surface area contributed by atoms with Crippen molar-refractivity contribution in [3.05, 3.63) is 29.3 Å². The van der Waals surface area contributed by atoms with Crippen molar-refractivity contribution in [3.8, 4) is 5.75 Å². The molecule has 0 N–H and O–H groups in total. The monoisotopic (exact) mass is 340 g/mol. The first-order chi connectivity index (χ1) is 12.0. The highest BCUT2D eigenvalue weighted by Crippen LogP contribution is 2.71. The smallest absolute Gasteiger partial charge is 0.320 e. The molecule has 5 rings (SSSR count). The summed E-state index contributed by atoms with van der Waals surface area (Å²) in [6.45, 7) is 6.70. The first kappa shape index (κ1) is 15.5. The van der Waals surface area contributed by atoms with E-state index in [0.29, 0.717) is 18.1 Å². The van der Waals surface area contributed by atoms with Gasteiger partial charge in [0.1, 0.15) is 5.75 Å². The van der Waals surface area contributed by atoms with E-state index in [-0.39, 0.29) is 10.8 Å². The number of rotatable bonds is 1. The molecule has 2 aliphatic heterocycles. The van der Waals surface area contributed by atoms with E-state index in [2.05, 4.69) is 41.8 Å². The Morgan fingerprint density at radius 2 is 1.92 bits per heavy atom. The average Bonchev–Trinajstić information content (AvgIpc) is 2.64. The van der Waals surface area contributed by atoms with Crippen LogP contribution in [0.25, 0.3) is 0 Å². The van der Waals surface area contributed by atoms with Crippen LogP contribution in [0.4, 0.5) is 4.79 Å². The number of ether oxygens (including phenoxy) is 1. The first-order valence-corrected chi connectivity index (χ1v) is 9.75. The van der Waals surface area contributed by atoms with Crippen molar-refractivity contribution < 1.29 is 9.53 Å². The van der Waals surface area contributed by atoms with Gasteiger partial charge in [0.25, 0.3) is 0 Å². The van der Waals surface area contributed by atoms with Gasteiger partial charge in [0.15, 0.2) is 0 Å². The number of urea groups is 1. The lowest BCUT2D eigenvalue weighted by Gasteiger charge is -2.79. The van der Waals surface area contributed by atoms with Crippen LogP contribution in [0.3, 0.4) is 0 Å². The summed E-state index contributed by atoms with van der Waals surface area (Å²) in [7, 11) is 1.73. The van der Waals surface area contributed by atoms with Crippen LogP contribution < -0.4 is 4.74 Å². The highest BCUT2D eigenvalue weighted by Gasteiger charge is 2.77. The number of piperidine rings is 2. The number of fused-ring (bicyclic) bond motifs is 2. The molecule has 4 nitrogen and oxygen atoms in total. The van der Waals surface area contributed by atoms with E-state index >= 15 is 0 Å². The Kier molecular flexibility index (Phi) is 3.06. The molecular formula is C21H28N2O2. The number of carbonyl (C=O) groups excluding carboxylic acids is 1. The van der Waals surface area contributed by atoms with Crippen LogP contribution in [-0.4, -0.2) is 48.1 Å². The molecule has 4 aliphatic rings. The molecule has 0 aromatic heterocycles. The van der Waals surface area contributed by atoms with E-state index < -0.39 is 0 Å². The summed E-state index contributed by atoms with van der Waals surface area (Å²) in [5, 5.41) is 0. The number of benzene rings is 1. The third-order valence-corrected chi connectivity index (χ3v) is 8.01. The zero-order valence-corrected chi connectivity index (χ0v) is 15.5. The molecule has 2 aliphatic carbocycles. The molecule has 25 heavy (non-hydrogen) atoms. The normalized spacial score (nSPS) is 38.2. The molecule has 3 fully saturated rings. The molecule has 1 aromatic carbocycles. The number of carbonyl (C=O) groups is 1. The van der Waals surface area contributed by atoms with Gasteiger partial charge in [-0.2, -0.15) is 0 Å². The van der Waals surface area contributed by atoms with E-state index in [0.717, 1.165) is 44.5 Å². The molecule has 1 saturated carbocycles. The zero-order valence-electron chi connectivity index (χ0n) is 15.5. The molecule has 2 saturated heterocycles. The molecular weight excluding hydrogens is 312 g/mol. The minimum Gasteiger partial charge on any atom is -0.497 e. The summed E-state index contributed by atoms with van der Waals surface area (Å²) in [6, 6.07) is 7.60. The summed E-state index contributed by atoms with van der Waals surface area (Å²) < 4.78 is 5.45. The topological polar surface area (TPSA) is 32.8 Å². The van der Waals surface area contributed by atoms with E-state index in [4.69, 9.17) is 4.74 Å². The van der Waals surface area contributed by atoms with Crippen molar-refractivity contribution in [1.29, 1.82) is 0 Å². The second-order valence-corrected chi connectivity index (χ2v) is 8.82. The van der Waals surface area contributed by atoms with Crippen molar-refractivity contribution in [3.63, 3.8) is 0 Å². The standard InChI is InChI=1S/C21H28N2O2/c1-20-13-18-21(20,2)17(12-14-11-15(25-3)7-8-16(14)20)23(18)19(24)22-9-5-4-6-10-22/h7-8,11,17-18H,4-6,9-10,12-13H2,1-3H3/t17-,18?,20+,21?/m0/s1. The number of hydrogen-bond donors (Lipinski definition) is 0. The third-order valence-electron chi connectivity index (χ3n) is 8.01. The van der Waals surface area contributed by atoms with Crippen molar-refractivity contribution in [2.45, 2.75) is 63.5 Å². The average molecular weight is 340 g/mol. The van der Waals surface area contributed by atoms with E-state index in [1.165, 1.54) is 17.5 Å². The Morgan fingerprint density at radius 3 is 2.64 bits per heavy atom. The van der Waals surface area contributed by atoms with Crippen molar-refractivity contribution >= 4 is 6.03 Å². The SMILES string of the molecule is COc1ccc2c(c1)C[C@@H]1N(C(=O)N3CCCCC3)C3C[C@@]2(C)C31C. The largest absolute Gasteiger partial charge is 0.497 e. The number of likely N-dealkylation sites (tertiary alicyclic amines) is 2. The predicted molar refractivity (Wildman–Crippen MR) is 97.0 cm³/mol. The lowest BCUT2D eigenvalue weighted by Crippen LogP contribution is -2.87. The van der Waals surface area contributed by atoms with Gasteiger partial charge in [-0.1, -0.05) is 19.9 Å². The van der Waals surface area contributed by atoms with Crippen LogP contribution in [0.2, 0.25) is 0 Å². The number of nitrogens with zero attached hydrogens (tertiary/aromatic N) is 2. The summed E-state index contributed by atoms with van der Waals surface area (Å²) in [5.74, 6) is 0.926.